The molecule has 0 heterocycles. The lowest BCUT2D eigenvalue weighted by Crippen LogP contribution is -2.29. The maximum atomic E-state index is 5.76. The van der Waals surface area contributed by atoms with Gasteiger partial charge < -0.3 is 19.7 Å². The maximum Gasteiger partial charge on any atom is 0.175 e. The molecule has 27 heavy (non-hydrogen) atoms. The van der Waals surface area contributed by atoms with E-state index in [-0.39, 0.29) is 0 Å². The lowest BCUT2D eigenvalue weighted by Gasteiger charge is -2.22. The summed E-state index contributed by atoms with van der Waals surface area (Å²) in [6.07, 6.45) is 6.34. The smallest absolute Gasteiger partial charge is 0.175 e. The van der Waals surface area contributed by atoms with Gasteiger partial charge in [-0.1, -0.05) is 26.7 Å². The molecule has 1 rings (SSSR count). The average Bonchev–Trinajstić information content (AvgIpc) is 2.66. The zero-order valence-corrected chi connectivity index (χ0v) is 19.4. The summed E-state index contributed by atoms with van der Waals surface area (Å²) in [5.41, 5.74) is 1.21. The van der Waals surface area contributed by atoms with E-state index in [1.54, 1.807) is 0 Å². The predicted molar refractivity (Wildman–Crippen MR) is 119 cm³/mol. The Bertz CT molecular complexity index is 503. The Balaban J connectivity index is 2.46. The number of hydrogen-bond donors (Lipinski definition) is 1. The molecule has 0 aliphatic rings. The van der Waals surface area contributed by atoms with E-state index < -0.39 is 0 Å². The molecule has 0 fully saturated rings. The number of nitrogens with zero attached hydrogens (tertiary/aromatic N) is 1. The number of nitrogens with one attached hydrogen (secondary N) is 1. The molecule has 0 amide bonds. The van der Waals surface area contributed by atoms with Crippen molar-refractivity contribution in [2.45, 2.75) is 66.3 Å². The summed E-state index contributed by atoms with van der Waals surface area (Å²) in [5, 5.41) is 3.57. The van der Waals surface area contributed by atoms with E-state index in [4.69, 9.17) is 9.47 Å². The molecule has 1 aromatic rings. The molecular formula is C22H39BrN2O2. The summed E-state index contributed by atoms with van der Waals surface area (Å²) >= 11 is 3.62. The summed E-state index contributed by atoms with van der Waals surface area (Å²) < 4.78 is 12.4. The fraction of sp³-hybridized carbons (Fsp3) is 0.727. The van der Waals surface area contributed by atoms with Crippen molar-refractivity contribution < 1.29 is 9.47 Å². The number of rotatable bonds is 16. The van der Waals surface area contributed by atoms with Gasteiger partial charge in [-0.15, -0.1) is 0 Å². The molecule has 1 aromatic carbocycles. The number of halogens is 1. The van der Waals surface area contributed by atoms with Gasteiger partial charge in [-0.25, -0.2) is 0 Å². The topological polar surface area (TPSA) is 33.7 Å². The van der Waals surface area contributed by atoms with E-state index in [9.17, 15) is 0 Å². The highest BCUT2D eigenvalue weighted by Gasteiger charge is 2.12. The molecule has 5 heteroatoms. The van der Waals surface area contributed by atoms with E-state index in [1.807, 2.05) is 13.8 Å². The molecule has 0 saturated heterocycles. The van der Waals surface area contributed by atoms with Crippen molar-refractivity contribution in [2.24, 2.45) is 0 Å². The van der Waals surface area contributed by atoms with Crippen molar-refractivity contribution in [2.75, 3.05) is 39.4 Å². The second-order valence-corrected chi connectivity index (χ2v) is 7.70. The minimum atomic E-state index is 0.628. The molecule has 0 saturated carbocycles. The fourth-order valence-corrected chi connectivity index (χ4v) is 3.63. The molecule has 0 unspecified atom stereocenters. The van der Waals surface area contributed by atoms with Crippen LogP contribution in [0.25, 0.3) is 0 Å². The largest absolute Gasteiger partial charge is 0.490 e. The number of benzene rings is 1. The third kappa shape index (κ3) is 9.82. The normalized spacial score (nSPS) is 11.2. The minimum absolute atomic E-state index is 0.628. The Hall–Kier alpha value is -0.780. The van der Waals surface area contributed by atoms with Gasteiger partial charge in [0.15, 0.2) is 11.5 Å². The van der Waals surface area contributed by atoms with Crippen LogP contribution in [0.4, 0.5) is 0 Å². The van der Waals surface area contributed by atoms with Gasteiger partial charge >= 0.3 is 0 Å². The molecule has 4 nitrogen and oxygen atoms in total. The number of hydrogen-bond acceptors (Lipinski definition) is 4. The molecular weight excluding hydrogens is 404 g/mol. The van der Waals surface area contributed by atoms with Crippen LogP contribution in [0.1, 0.15) is 65.4 Å². The first-order valence-electron chi connectivity index (χ1n) is 10.7. The summed E-state index contributed by atoms with van der Waals surface area (Å²) in [7, 11) is 0. The molecule has 0 aliphatic carbocycles. The SMILES string of the molecule is CCCCN(CCCC)CCCNCc1cc(Br)c(OCC)c(OCC)c1. The van der Waals surface area contributed by atoms with Gasteiger partial charge in [0.1, 0.15) is 0 Å². The van der Waals surface area contributed by atoms with E-state index in [0.29, 0.717) is 13.2 Å². The highest BCUT2D eigenvalue weighted by Crippen LogP contribution is 2.36. The Morgan fingerprint density at radius 3 is 2.11 bits per heavy atom. The highest BCUT2D eigenvalue weighted by molar-refractivity contribution is 9.10. The first-order chi connectivity index (χ1) is 13.2. The Morgan fingerprint density at radius 1 is 0.889 bits per heavy atom. The van der Waals surface area contributed by atoms with Crippen LogP contribution in [0.15, 0.2) is 16.6 Å². The second-order valence-electron chi connectivity index (χ2n) is 6.85. The maximum absolute atomic E-state index is 5.76. The highest BCUT2D eigenvalue weighted by atomic mass is 79.9. The molecule has 0 radical (unpaired) electrons. The fourth-order valence-electron chi connectivity index (χ4n) is 3.03. The van der Waals surface area contributed by atoms with Gasteiger partial charge in [-0.2, -0.15) is 0 Å². The second kappa shape index (κ2) is 15.2. The molecule has 0 aliphatic heterocycles. The molecule has 0 atom stereocenters. The third-order valence-corrected chi connectivity index (χ3v) is 5.06. The minimum Gasteiger partial charge on any atom is -0.490 e. The van der Waals surface area contributed by atoms with Crippen LogP contribution in [0.3, 0.4) is 0 Å². The molecule has 1 N–H and O–H groups in total. The quantitative estimate of drug-likeness (QED) is 0.336. The van der Waals surface area contributed by atoms with Gasteiger partial charge in [0, 0.05) is 6.54 Å². The van der Waals surface area contributed by atoms with Crippen molar-refractivity contribution in [3.05, 3.63) is 22.2 Å². The van der Waals surface area contributed by atoms with Crippen molar-refractivity contribution in [3.63, 3.8) is 0 Å². The van der Waals surface area contributed by atoms with Crippen LogP contribution < -0.4 is 14.8 Å². The first kappa shape index (κ1) is 24.3. The lowest BCUT2D eigenvalue weighted by atomic mass is 10.2. The van der Waals surface area contributed by atoms with Crippen molar-refractivity contribution >= 4 is 15.9 Å². The Labute approximate surface area is 175 Å². The molecule has 0 bridgehead atoms. The average molecular weight is 443 g/mol. The Morgan fingerprint density at radius 2 is 1.52 bits per heavy atom. The monoisotopic (exact) mass is 442 g/mol. The third-order valence-electron chi connectivity index (χ3n) is 4.47. The molecule has 156 valence electrons. The van der Waals surface area contributed by atoms with Crippen molar-refractivity contribution in [1.29, 1.82) is 0 Å². The number of unbranched alkanes of at least 4 members (excludes halogenated alkanes) is 2. The zero-order valence-electron chi connectivity index (χ0n) is 17.8. The Kier molecular flexibility index (Phi) is 13.6. The van der Waals surface area contributed by atoms with Crippen LogP contribution in [0.2, 0.25) is 0 Å². The van der Waals surface area contributed by atoms with Crippen LogP contribution in [-0.4, -0.2) is 44.3 Å². The summed E-state index contributed by atoms with van der Waals surface area (Å²) in [5.74, 6) is 1.61. The van der Waals surface area contributed by atoms with Gasteiger partial charge in [0.2, 0.25) is 0 Å². The van der Waals surface area contributed by atoms with Crippen molar-refractivity contribution in [1.82, 2.24) is 10.2 Å². The van der Waals surface area contributed by atoms with Crippen LogP contribution in [0.5, 0.6) is 11.5 Å². The van der Waals surface area contributed by atoms with Crippen LogP contribution in [0, 0.1) is 0 Å². The van der Waals surface area contributed by atoms with Gasteiger partial charge in [0.05, 0.1) is 17.7 Å². The van der Waals surface area contributed by atoms with Gasteiger partial charge in [0.25, 0.3) is 0 Å². The van der Waals surface area contributed by atoms with E-state index in [2.05, 4.69) is 52.1 Å². The zero-order chi connectivity index (χ0) is 19.9. The molecule has 0 aromatic heterocycles. The van der Waals surface area contributed by atoms with E-state index >= 15 is 0 Å². The van der Waals surface area contributed by atoms with Crippen LogP contribution >= 0.6 is 15.9 Å². The lowest BCUT2D eigenvalue weighted by molar-refractivity contribution is 0.261. The van der Waals surface area contributed by atoms with Crippen molar-refractivity contribution in [3.8, 4) is 11.5 Å². The van der Waals surface area contributed by atoms with E-state index in [1.165, 1.54) is 57.3 Å². The summed E-state index contributed by atoms with van der Waals surface area (Å²) in [4.78, 5) is 2.62. The number of ether oxygens (including phenoxy) is 2. The van der Waals surface area contributed by atoms with Crippen LogP contribution in [-0.2, 0) is 6.54 Å². The van der Waals surface area contributed by atoms with Gasteiger partial charge in [-0.3, -0.25) is 0 Å². The molecule has 0 spiro atoms. The summed E-state index contributed by atoms with van der Waals surface area (Å²) in [6.45, 7) is 15.3. The van der Waals surface area contributed by atoms with E-state index in [0.717, 1.165) is 29.1 Å². The summed E-state index contributed by atoms with van der Waals surface area (Å²) in [6, 6.07) is 4.20. The first-order valence-corrected chi connectivity index (χ1v) is 11.5. The van der Waals surface area contributed by atoms with Gasteiger partial charge in [-0.05, 0) is 92.9 Å². The standard InChI is InChI=1S/C22H39BrN2O2/c1-5-9-13-25(14-10-6-2)15-11-12-24-18-19-16-20(23)22(27-8-4)21(17-19)26-7-3/h16-17,24H,5-15,18H2,1-4H3. The predicted octanol–water partition coefficient (Wildman–Crippen LogP) is 5.63.